The van der Waals surface area contributed by atoms with E-state index in [4.69, 9.17) is 9.15 Å². The first kappa shape index (κ1) is 22.1. The van der Waals surface area contributed by atoms with E-state index in [0.717, 1.165) is 16.1 Å². The molecule has 1 amide bonds. The molecule has 34 heavy (non-hydrogen) atoms. The molecule has 5 rings (SSSR count). The maximum Gasteiger partial charge on any atom is 0.297 e. The molecule has 1 atom stereocenters. The molecular weight excluding hydrogens is 454 g/mol. The van der Waals surface area contributed by atoms with Crippen LogP contribution in [-0.2, 0) is 6.42 Å². The molecule has 8 nitrogen and oxygen atoms in total. The topological polar surface area (TPSA) is 106 Å². The number of carbonyl (C=O) groups is 1. The van der Waals surface area contributed by atoms with Crippen LogP contribution in [-0.4, -0.2) is 27.8 Å². The van der Waals surface area contributed by atoms with Crippen molar-refractivity contribution in [3.05, 3.63) is 73.6 Å². The highest BCUT2D eigenvalue weighted by molar-refractivity contribution is 7.15. The second-order valence-electron chi connectivity index (χ2n) is 8.18. The molecule has 1 aliphatic rings. The van der Waals surface area contributed by atoms with E-state index in [0.29, 0.717) is 34.7 Å². The van der Waals surface area contributed by atoms with Gasteiger partial charge in [-0.25, -0.2) is 0 Å². The number of hydrogen-bond donors (Lipinski definition) is 1. The second kappa shape index (κ2) is 8.25. The zero-order chi connectivity index (χ0) is 24.1. The van der Waals surface area contributed by atoms with E-state index < -0.39 is 11.9 Å². The number of aromatic nitrogens is 2. The maximum absolute atomic E-state index is 13.8. The van der Waals surface area contributed by atoms with Crippen LogP contribution in [0.4, 0.5) is 5.13 Å². The Balaban J connectivity index is 1.80. The fourth-order valence-corrected chi connectivity index (χ4v) is 5.00. The van der Waals surface area contributed by atoms with Crippen LogP contribution in [0.25, 0.3) is 11.0 Å². The van der Waals surface area contributed by atoms with Crippen molar-refractivity contribution < 1.29 is 19.1 Å². The average Bonchev–Trinajstić information content (AvgIpc) is 3.40. The number of rotatable bonds is 5. The molecule has 4 aromatic rings. The smallest absolute Gasteiger partial charge is 0.297 e. The molecule has 2 aromatic carbocycles. The molecule has 0 fully saturated rings. The van der Waals surface area contributed by atoms with Gasteiger partial charge in [0.2, 0.25) is 10.9 Å². The summed E-state index contributed by atoms with van der Waals surface area (Å²) in [6.45, 7) is 7.98. The number of carbonyl (C=O) groups excluding carboxylic acids is 1. The summed E-state index contributed by atoms with van der Waals surface area (Å²) in [6.07, 6.45) is 0.671. The number of fused-ring (bicyclic) bond motifs is 2. The summed E-state index contributed by atoms with van der Waals surface area (Å²) in [5.74, 6) is -0.223. The lowest BCUT2D eigenvalue weighted by molar-refractivity contribution is 0.0970. The number of anilines is 1. The van der Waals surface area contributed by atoms with Crippen LogP contribution >= 0.6 is 11.3 Å². The lowest BCUT2D eigenvalue weighted by Crippen LogP contribution is -2.29. The Bertz CT molecular complexity index is 1510. The Hall–Kier alpha value is -3.72. The molecule has 0 saturated carbocycles. The SMILES string of the molecule is CCOc1cc(C2c3c(oc4cc(C)c(C)cc4c3=O)C(=O)N2c2nnc(CC)s2)ccc1O. The van der Waals surface area contributed by atoms with Crippen LogP contribution in [0.2, 0.25) is 0 Å². The molecule has 2 aromatic heterocycles. The fraction of sp³-hybridized carbons (Fsp3) is 0.280. The molecular formula is C25H23N3O5S. The Morgan fingerprint density at radius 3 is 2.59 bits per heavy atom. The first-order valence-corrected chi connectivity index (χ1v) is 11.8. The van der Waals surface area contributed by atoms with Gasteiger partial charge in [-0.05, 0) is 68.1 Å². The molecule has 0 spiro atoms. The monoisotopic (exact) mass is 477 g/mol. The van der Waals surface area contributed by atoms with Gasteiger partial charge in [0.15, 0.2) is 16.9 Å². The van der Waals surface area contributed by atoms with Crippen LogP contribution < -0.4 is 15.1 Å². The van der Waals surface area contributed by atoms with Crippen molar-refractivity contribution in [3.8, 4) is 11.5 Å². The third-order valence-corrected chi connectivity index (χ3v) is 7.12. The highest BCUT2D eigenvalue weighted by Crippen LogP contribution is 2.44. The lowest BCUT2D eigenvalue weighted by atomic mass is 9.97. The van der Waals surface area contributed by atoms with E-state index >= 15 is 0 Å². The van der Waals surface area contributed by atoms with Gasteiger partial charge >= 0.3 is 0 Å². The van der Waals surface area contributed by atoms with Crippen molar-refractivity contribution in [2.24, 2.45) is 0 Å². The number of phenolic OH excluding ortho intramolecular Hbond substituents is 1. The number of amides is 1. The molecule has 0 bridgehead atoms. The van der Waals surface area contributed by atoms with Crippen LogP contribution in [0.15, 0.2) is 39.5 Å². The molecule has 174 valence electrons. The van der Waals surface area contributed by atoms with Crippen molar-refractivity contribution in [3.63, 3.8) is 0 Å². The van der Waals surface area contributed by atoms with E-state index in [9.17, 15) is 14.7 Å². The quantitative estimate of drug-likeness (QED) is 0.445. The Morgan fingerprint density at radius 2 is 1.88 bits per heavy atom. The second-order valence-corrected chi connectivity index (χ2v) is 9.22. The van der Waals surface area contributed by atoms with E-state index in [1.165, 1.54) is 22.3 Å². The number of aromatic hydroxyl groups is 1. The van der Waals surface area contributed by atoms with Gasteiger partial charge in [-0.15, -0.1) is 10.2 Å². The van der Waals surface area contributed by atoms with E-state index in [1.54, 1.807) is 24.3 Å². The Kier molecular flexibility index (Phi) is 5.36. The minimum absolute atomic E-state index is 0.00923. The molecule has 1 unspecified atom stereocenters. The third-order valence-electron chi connectivity index (χ3n) is 6.05. The number of aryl methyl sites for hydroxylation is 3. The summed E-state index contributed by atoms with van der Waals surface area (Å²) < 4.78 is 11.6. The zero-order valence-corrected chi connectivity index (χ0v) is 20.0. The summed E-state index contributed by atoms with van der Waals surface area (Å²) in [4.78, 5) is 28.9. The summed E-state index contributed by atoms with van der Waals surface area (Å²) >= 11 is 1.29. The fourth-order valence-electron chi connectivity index (χ4n) is 4.20. The first-order chi connectivity index (χ1) is 16.3. The molecule has 1 N–H and O–H groups in total. The average molecular weight is 478 g/mol. The van der Waals surface area contributed by atoms with Crippen LogP contribution in [0.3, 0.4) is 0 Å². The summed E-state index contributed by atoms with van der Waals surface area (Å²) in [7, 11) is 0. The van der Waals surface area contributed by atoms with Gasteiger partial charge in [0.05, 0.1) is 23.6 Å². The number of phenols is 1. The van der Waals surface area contributed by atoms with E-state index in [1.807, 2.05) is 27.7 Å². The number of nitrogens with zero attached hydrogens (tertiary/aromatic N) is 3. The highest BCUT2D eigenvalue weighted by Gasteiger charge is 2.45. The van der Waals surface area contributed by atoms with Gasteiger partial charge in [-0.2, -0.15) is 0 Å². The van der Waals surface area contributed by atoms with E-state index in [2.05, 4.69) is 10.2 Å². The molecule has 1 aliphatic heterocycles. The van der Waals surface area contributed by atoms with Crippen LogP contribution in [0, 0.1) is 13.8 Å². The molecule has 0 aliphatic carbocycles. The summed E-state index contributed by atoms with van der Waals surface area (Å²) in [6, 6.07) is 7.58. The number of benzene rings is 2. The van der Waals surface area contributed by atoms with Crippen molar-refractivity contribution in [1.29, 1.82) is 0 Å². The van der Waals surface area contributed by atoms with Gasteiger partial charge in [0.1, 0.15) is 10.6 Å². The van der Waals surface area contributed by atoms with E-state index in [-0.39, 0.29) is 28.3 Å². The minimum Gasteiger partial charge on any atom is -0.504 e. The van der Waals surface area contributed by atoms with Crippen molar-refractivity contribution >= 4 is 33.3 Å². The van der Waals surface area contributed by atoms with Crippen molar-refractivity contribution in [1.82, 2.24) is 10.2 Å². The summed E-state index contributed by atoms with van der Waals surface area (Å²) in [5.41, 5.74) is 2.85. The highest BCUT2D eigenvalue weighted by atomic mass is 32.1. The molecule has 0 radical (unpaired) electrons. The predicted molar refractivity (Wildman–Crippen MR) is 129 cm³/mol. The zero-order valence-electron chi connectivity index (χ0n) is 19.2. The number of ether oxygens (including phenoxy) is 1. The third kappa shape index (κ3) is 3.35. The maximum atomic E-state index is 13.8. The Labute approximate surface area is 199 Å². The molecule has 9 heteroatoms. The minimum atomic E-state index is -0.803. The van der Waals surface area contributed by atoms with Gasteiger partial charge in [0.25, 0.3) is 5.91 Å². The van der Waals surface area contributed by atoms with Gasteiger partial charge in [-0.1, -0.05) is 24.3 Å². The first-order valence-electron chi connectivity index (χ1n) is 11.0. The lowest BCUT2D eigenvalue weighted by Gasteiger charge is -2.22. The largest absolute Gasteiger partial charge is 0.504 e. The molecule has 0 saturated heterocycles. The summed E-state index contributed by atoms with van der Waals surface area (Å²) in [5, 5.41) is 20.2. The number of hydrogen-bond acceptors (Lipinski definition) is 8. The van der Waals surface area contributed by atoms with Gasteiger partial charge in [0, 0.05) is 0 Å². The van der Waals surface area contributed by atoms with Crippen molar-refractivity contribution in [2.45, 2.75) is 40.2 Å². The van der Waals surface area contributed by atoms with Crippen molar-refractivity contribution in [2.75, 3.05) is 11.5 Å². The molecule has 3 heterocycles. The Morgan fingerprint density at radius 1 is 1.12 bits per heavy atom. The van der Waals surface area contributed by atoms with Gasteiger partial charge in [-0.3, -0.25) is 14.5 Å². The van der Waals surface area contributed by atoms with Crippen LogP contribution in [0.1, 0.15) is 57.7 Å². The normalized spacial score (nSPS) is 15.2. The van der Waals surface area contributed by atoms with Crippen LogP contribution in [0.5, 0.6) is 11.5 Å². The standard InChI is InChI=1S/C25H23N3O5S/c1-5-19-26-27-25(34-19)28-21(14-7-8-16(29)18(11-14)32-6-2)20-22(30)15-9-12(3)13(4)10-17(15)33-23(20)24(28)31/h7-11,21,29H,5-6H2,1-4H3. The van der Waals surface area contributed by atoms with Gasteiger partial charge < -0.3 is 14.3 Å². The predicted octanol–water partition coefficient (Wildman–Crippen LogP) is 4.68.